The first kappa shape index (κ1) is 43.2. The van der Waals surface area contributed by atoms with E-state index in [1.807, 2.05) is 0 Å². The second kappa shape index (κ2) is 27.9. The van der Waals surface area contributed by atoms with Crippen LogP contribution < -0.4 is 31.9 Å². The second-order valence-corrected chi connectivity index (χ2v) is 8.17. The Balaban J connectivity index is -0.000000872. The maximum atomic E-state index is 9.75. The van der Waals surface area contributed by atoms with Crippen molar-refractivity contribution in [3.05, 3.63) is 0 Å². The SMILES string of the molecule is C1CNCCN2CCNCCNCCN(CCN1)CCNCCNCC2.F[B-](F)(F)F.F[B-](F)(F)F.[Ag+].[Ag+]. The number of nitrogens with zero attached hydrogens (tertiary/aromatic N) is 2. The number of halogens is 8. The fourth-order valence-corrected chi connectivity index (χ4v) is 3.37. The molecule has 20 heteroatoms. The molecule has 8 nitrogen and oxygen atoms in total. The van der Waals surface area contributed by atoms with E-state index in [0.717, 1.165) is 118 Å². The summed E-state index contributed by atoms with van der Waals surface area (Å²) in [6.45, 7) is 19.4. The minimum absolute atomic E-state index is 0. The average Bonchev–Trinajstić information content (AvgIpc) is 2.74. The summed E-state index contributed by atoms with van der Waals surface area (Å²) in [6, 6.07) is 0. The Morgan fingerprint density at radius 3 is 0.579 bits per heavy atom. The van der Waals surface area contributed by atoms with Crippen LogP contribution in [0.2, 0.25) is 0 Å². The number of hydrogen-bond acceptors (Lipinski definition) is 8. The Morgan fingerprint density at radius 2 is 0.447 bits per heavy atom. The van der Waals surface area contributed by atoms with Crippen molar-refractivity contribution in [1.29, 1.82) is 0 Å². The van der Waals surface area contributed by atoms with E-state index in [0.29, 0.717) is 0 Å². The second-order valence-electron chi connectivity index (χ2n) is 8.17. The van der Waals surface area contributed by atoms with E-state index in [4.69, 9.17) is 0 Å². The van der Waals surface area contributed by atoms with E-state index >= 15 is 0 Å². The molecule has 0 aromatic carbocycles. The van der Waals surface area contributed by atoms with Gasteiger partial charge in [0.05, 0.1) is 0 Å². The van der Waals surface area contributed by atoms with Crippen LogP contribution in [0.4, 0.5) is 34.5 Å². The molecule has 0 saturated carbocycles. The molecule has 3 fully saturated rings. The predicted molar refractivity (Wildman–Crippen MR) is 130 cm³/mol. The van der Waals surface area contributed by atoms with E-state index in [1.165, 1.54) is 0 Å². The monoisotopic (exact) mass is 758 g/mol. The molecule has 0 aromatic rings. The summed E-state index contributed by atoms with van der Waals surface area (Å²) < 4.78 is 78.0. The van der Waals surface area contributed by atoms with Crippen molar-refractivity contribution in [1.82, 2.24) is 41.7 Å². The molecule has 3 saturated heterocycles. The molecule has 0 unspecified atom stereocenters. The molecule has 238 valence electrons. The molecule has 0 spiro atoms. The fraction of sp³-hybridized carbons (Fsp3) is 1.00. The molecule has 6 N–H and O–H groups in total. The Labute approximate surface area is 252 Å². The molecule has 3 aliphatic heterocycles. The Kier molecular flexibility index (Phi) is 31.7. The van der Waals surface area contributed by atoms with Gasteiger partial charge in [0.25, 0.3) is 0 Å². The molecule has 0 aliphatic carbocycles. The Bertz CT molecular complexity index is 405. The summed E-state index contributed by atoms with van der Waals surface area (Å²) in [5, 5.41) is 21.5. The van der Waals surface area contributed by atoms with Gasteiger partial charge in [0, 0.05) is 118 Å². The number of rotatable bonds is 0. The first-order valence-electron chi connectivity index (χ1n) is 12.4. The molecule has 0 aromatic heterocycles. The molecule has 0 atom stereocenters. The first-order valence-corrected chi connectivity index (χ1v) is 12.4. The van der Waals surface area contributed by atoms with Gasteiger partial charge < -0.3 is 66.4 Å². The van der Waals surface area contributed by atoms with Crippen LogP contribution in [0.25, 0.3) is 0 Å². The van der Waals surface area contributed by atoms with Crippen LogP contribution in [0.15, 0.2) is 0 Å². The van der Waals surface area contributed by atoms with Crippen LogP contribution in [0.1, 0.15) is 0 Å². The molecular weight excluding hydrogens is 718 g/mol. The standard InChI is InChI=1S/C18H42N8.2Ag.2BF4/c1-2-20-8-14-26-17-11-23-5-3-21-9-15-25(13-7-19-1)16-10-22-4-6-24-12-18-26;;;2*2-1(3,4)5/h19-24H,1-18H2;;;;/q;2*+1;2*-1. The smallest absolute Gasteiger partial charge is 0.418 e. The first-order chi connectivity index (χ1) is 16.9. The van der Waals surface area contributed by atoms with Crippen LogP contribution in [-0.2, 0) is 44.8 Å². The van der Waals surface area contributed by atoms with Gasteiger partial charge in [0.1, 0.15) is 0 Å². The summed E-state index contributed by atoms with van der Waals surface area (Å²) in [6.07, 6.45) is 0. The molecule has 0 amide bonds. The topological polar surface area (TPSA) is 78.7 Å². The molecule has 0 radical (unpaired) electrons. The molecule has 38 heavy (non-hydrogen) atoms. The van der Waals surface area contributed by atoms with Gasteiger partial charge in [-0.1, -0.05) is 0 Å². The van der Waals surface area contributed by atoms with Crippen LogP contribution >= 0.6 is 0 Å². The van der Waals surface area contributed by atoms with Crippen LogP contribution in [0.5, 0.6) is 0 Å². The van der Waals surface area contributed by atoms with Gasteiger partial charge in [-0.2, -0.15) is 0 Å². The third-order valence-corrected chi connectivity index (χ3v) is 5.06. The number of nitrogens with one attached hydrogen (secondary N) is 6. The van der Waals surface area contributed by atoms with E-state index in [9.17, 15) is 34.5 Å². The van der Waals surface area contributed by atoms with Crippen molar-refractivity contribution in [3.8, 4) is 0 Å². The van der Waals surface area contributed by atoms with Crippen molar-refractivity contribution in [2.45, 2.75) is 0 Å². The molecule has 3 rings (SSSR count). The van der Waals surface area contributed by atoms with Crippen LogP contribution in [0.3, 0.4) is 0 Å². The van der Waals surface area contributed by atoms with Crippen molar-refractivity contribution >= 4 is 14.5 Å². The van der Waals surface area contributed by atoms with E-state index < -0.39 is 14.5 Å². The maximum Gasteiger partial charge on any atom is 1.00 e. The quantitative estimate of drug-likeness (QED) is 0.150. The van der Waals surface area contributed by atoms with Gasteiger partial charge in [-0.25, -0.2) is 0 Å². The maximum absolute atomic E-state index is 9.75. The fourth-order valence-electron chi connectivity index (χ4n) is 3.37. The minimum atomic E-state index is -6.00. The largest absolute Gasteiger partial charge is 1.00 e. The molecule has 2 bridgehead atoms. The number of fused-ring (bicyclic) bond motifs is 21. The van der Waals surface area contributed by atoms with E-state index in [2.05, 4.69) is 41.7 Å². The van der Waals surface area contributed by atoms with Gasteiger partial charge in [0.15, 0.2) is 0 Å². The van der Waals surface area contributed by atoms with Gasteiger partial charge >= 0.3 is 59.3 Å². The van der Waals surface area contributed by atoms with E-state index in [-0.39, 0.29) is 44.8 Å². The van der Waals surface area contributed by atoms with Crippen LogP contribution in [-0.4, -0.2) is 142 Å². The minimum Gasteiger partial charge on any atom is -0.418 e. The summed E-state index contributed by atoms with van der Waals surface area (Å²) >= 11 is 0. The van der Waals surface area contributed by atoms with Crippen LogP contribution in [0, 0.1) is 0 Å². The third kappa shape index (κ3) is 41.2. The molecule has 3 aliphatic rings. The number of hydrogen-bond donors (Lipinski definition) is 6. The Hall–Kier alpha value is 0.730. The van der Waals surface area contributed by atoms with Gasteiger partial charge in [-0.15, -0.1) is 0 Å². The zero-order valence-corrected chi connectivity index (χ0v) is 24.4. The normalized spacial score (nSPS) is 24.0. The average molecular weight is 760 g/mol. The van der Waals surface area contributed by atoms with Gasteiger partial charge in [-0.3, -0.25) is 9.80 Å². The third-order valence-electron chi connectivity index (χ3n) is 5.06. The summed E-state index contributed by atoms with van der Waals surface area (Å²) in [5.74, 6) is 0. The summed E-state index contributed by atoms with van der Waals surface area (Å²) in [4.78, 5) is 5.12. The van der Waals surface area contributed by atoms with E-state index in [1.54, 1.807) is 0 Å². The van der Waals surface area contributed by atoms with Crippen molar-refractivity contribution < 1.29 is 79.3 Å². The zero-order valence-electron chi connectivity index (χ0n) is 21.4. The van der Waals surface area contributed by atoms with Crippen molar-refractivity contribution in [2.24, 2.45) is 0 Å². The van der Waals surface area contributed by atoms with Crippen molar-refractivity contribution in [2.75, 3.05) is 118 Å². The Morgan fingerprint density at radius 1 is 0.316 bits per heavy atom. The van der Waals surface area contributed by atoms with Gasteiger partial charge in [-0.05, 0) is 0 Å². The summed E-state index contributed by atoms with van der Waals surface area (Å²) in [7, 11) is -12.0. The zero-order chi connectivity index (χ0) is 27.1. The van der Waals surface area contributed by atoms with Gasteiger partial charge in [0.2, 0.25) is 0 Å². The molecular formula is C18H42Ag2B2F8N8. The summed E-state index contributed by atoms with van der Waals surface area (Å²) in [5.41, 5.74) is 0. The predicted octanol–water partition coefficient (Wildman–Crippen LogP) is -0.250. The molecule has 3 heterocycles. The van der Waals surface area contributed by atoms with Crippen molar-refractivity contribution in [3.63, 3.8) is 0 Å².